The van der Waals surface area contributed by atoms with Gasteiger partial charge in [-0.25, -0.2) is 8.42 Å². The van der Waals surface area contributed by atoms with Crippen molar-refractivity contribution in [2.75, 3.05) is 11.5 Å². The van der Waals surface area contributed by atoms with Crippen LogP contribution in [0.25, 0.3) is 0 Å². The summed E-state index contributed by atoms with van der Waals surface area (Å²) in [7, 11) is -2.81. The Morgan fingerprint density at radius 3 is 2.20 bits per heavy atom. The van der Waals surface area contributed by atoms with Crippen molar-refractivity contribution in [3.05, 3.63) is 0 Å². The van der Waals surface area contributed by atoms with Crippen LogP contribution in [0.5, 0.6) is 0 Å². The Labute approximate surface area is 91.1 Å². The van der Waals surface area contributed by atoms with Gasteiger partial charge in [0.15, 0.2) is 9.84 Å². The molecule has 0 amide bonds. The second-order valence-electron chi connectivity index (χ2n) is 4.70. The SMILES string of the molecule is NC1CCC(OC2CCS(=O)(=O)C2)CC1. The van der Waals surface area contributed by atoms with E-state index in [0.29, 0.717) is 18.2 Å². The third-order valence-electron chi connectivity index (χ3n) is 3.29. The van der Waals surface area contributed by atoms with Crippen LogP contribution in [0, 0.1) is 0 Å². The molecular formula is C10H19NO3S. The zero-order valence-corrected chi connectivity index (χ0v) is 9.71. The van der Waals surface area contributed by atoms with Crippen molar-refractivity contribution in [2.24, 2.45) is 5.73 Å². The molecule has 0 bridgehead atoms. The summed E-state index contributed by atoms with van der Waals surface area (Å²) < 4.78 is 28.3. The van der Waals surface area contributed by atoms with Crippen LogP contribution in [0.3, 0.4) is 0 Å². The average molecular weight is 233 g/mol. The Bertz CT molecular complexity index is 307. The fourth-order valence-corrected chi connectivity index (χ4v) is 3.97. The Kier molecular flexibility index (Phi) is 3.33. The zero-order chi connectivity index (χ0) is 10.9. The maximum absolute atomic E-state index is 11.2. The van der Waals surface area contributed by atoms with E-state index < -0.39 is 9.84 Å². The van der Waals surface area contributed by atoms with Crippen molar-refractivity contribution in [1.29, 1.82) is 0 Å². The van der Waals surface area contributed by atoms with Crippen LogP contribution in [0.1, 0.15) is 32.1 Å². The lowest BCUT2D eigenvalue weighted by Crippen LogP contribution is -2.32. The summed E-state index contributed by atoms with van der Waals surface area (Å²) in [5, 5.41) is 0. The van der Waals surface area contributed by atoms with Gasteiger partial charge in [-0.3, -0.25) is 0 Å². The first-order valence-corrected chi connectivity index (χ1v) is 7.49. The van der Waals surface area contributed by atoms with Gasteiger partial charge in [0, 0.05) is 6.04 Å². The highest BCUT2D eigenvalue weighted by molar-refractivity contribution is 7.91. The summed E-state index contributed by atoms with van der Waals surface area (Å²) in [4.78, 5) is 0. The second-order valence-corrected chi connectivity index (χ2v) is 6.93. The van der Waals surface area contributed by atoms with E-state index in [0.717, 1.165) is 25.7 Å². The summed E-state index contributed by atoms with van der Waals surface area (Å²) in [6.45, 7) is 0. The largest absolute Gasteiger partial charge is 0.374 e. The number of ether oxygens (including phenoxy) is 1. The summed E-state index contributed by atoms with van der Waals surface area (Å²) >= 11 is 0. The van der Waals surface area contributed by atoms with Gasteiger partial charge in [-0.05, 0) is 32.1 Å². The average Bonchev–Trinajstić information content (AvgIpc) is 2.50. The van der Waals surface area contributed by atoms with Crippen LogP contribution in [-0.4, -0.2) is 38.2 Å². The quantitative estimate of drug-likeness (QED) is 0.752. The van der Waals surface area contributed by atoms with E-state index in [2.05, 4.69) is 0 Å². The van der Waals surface area contributed by atoms with Gasteiger partial charge in [0.05, 0.1) is 23.7 Å². The van der Waals surface area contributed by atoms with Gasteiger partial charge in [0.2, 0.25) is 0 Å². The molecule has 0 spiro atoms. The first-order chi connectivity index (χ1) is 7.05. The molecule has 1 heterocycles. The van der Waals surface area contributed by atoms with Gasteiger partial charge in [-0.2, -0.15) is 0 Å². The molecule has 88 valence electrons. The van der Waals surface area contributed by atoms with Gasteiger partial charge in [0.25, 0.3) is 0 Å². The molecule has 1 atom stereocenters. The van der Waals surface area contributed by atoms with Gasteiger partial charge in [0.1, 0.15) is 0 Å². The molecule has 5 heteroatoms. The number of sulfone groups is 1. The highest BCUT2D eigenvalue weighted by Crippen LogP contribution is 2.24. The standard InChI is InChI=1S/C10H19NO3S/c11-8-1-3-9(4-2-8)14-10-5-6-15(12,13)7-10/h8-10H,1-7,11H2. The van der Waals surface area contributed by atoms with E-state index >= 15 is 0 Å². The van der Waals surface area contributed by atoms with Crippen LogP contribution in [-0.2, 0) is 14.6 Å². The van der Waals surface area contributed by atoms with E-state index in [1.165, 1.54) is 0 Å². The van der Waals surface area contributed by atoms with Crippen LogP contribution in [0.4, 0.5) is 0 Å². The summed E-state index contributed by atoms with van der Waals surface area (Å²) in [6.07, 6.45) is 4.83. The van der Waals surface area contributed by atoms with Gasteiger partial charge < -0.3 is 10.5 Å². The van der Waals surface area contributed by atoms with Crippen molar-refractivity contribution in [2.45, 2.75) is 50.4 Å². The Balaban J connectivity index is 1.78. The van der Waals surface area contributed by atoms with Crippen LogP contribution >= 0.6 is 0 Å². The highest BCUT2D eigenvalue weighted by atomic mass is 32.2. The molecule has 1 aliphatic heterocycles. The van der Waals surface area contributed by atoms with Crippen molar-refractivity contribution in [1.82, 2.24) is 0 Å². The van der Waals surface area contributed by atoms with Crippen molar-refractivity contribution >= 4 is 9.84 Å². The number of hydrogen-bond donors (Lipinski definition) is 1. The Morgan fingerprint density at radius 2 is 1.67 bits per heavy atom. The first-order valence-electron chi connectivity index (χ1n) is 5.66. The van der Waals surface area contributed by atoms with Gasteiger partial charge >= 0.3 is 0 Å². The van der Waals surface area contributed by atoms with Crippen molar-refractivity contribution in [3.8, 4) is 0 Å². The molecule has 2 N–H and O–H groups in total. The minimum Gasteiger partial charge on any atom is -0.374 e. The zero-order valence-electron chi connectivity index (χ0n) is 8.89. The smallest absolute Gasteiger partial charge is 0.152 e. The molecule has 2 rings (SSSR count). The molecule has 0 radical (unpaired) electrons. The molecule has 1 saturated heterocycles. The van der Waals surface area contributed by atoms with E-state index in [1.54, 1.807) is 0 Å². The molecule has 0 aromatic heterocycles. The summed E-state index contributed by atoms with van der Waals surface area (Å²) in [6, 6.07) is 0.317. The van der Waals surface area contributed by atoms with E-state index in [9.17, 15) is 8.42 Å². The first kappa shape index (κ1) is 11.4. The monoisotopic (exact) mass is 233 g/mol. The second kappa shape index (κ2) is 4.39. The van der Waals surface area contributed by atoms with E-state index in [4.69, 9.17) is 10.5 Å². The fourth-order valence-electron chi connectivity index (χ4n) is 2.37. The summed E-state index contributed by atoms with van der Waals surface area (Å²) in [5.41, 5.74) is 5.80. The maximum atomic E-state index is 11.2. The lowest BCUT2D eigenvalue weighted by molar-refractivity contribution is -0.0192. The molecule has 1 aliphatic carbocycles. The molecule has 15 heavy (non-hydrogen) atoms. The normalized spacial score (nSPS) is 40.5. The molecule has 1 saturated carbocycles. The minimum atomic E-state index is -2.81. The van der Waals surface area contributed by atoms with Gasteiger partial charge in [-0.15, -0.1) is 0 Å². The molecule has 4 nitrogen and oxygen atoms in total. The van der Waals surface area contributed by atoms with Crippen LogP contribution in [0.15, 0.2) is 0 Å². The van der Waals surface area contributed by atoms with Crippen LogP contribution < -0.4 is 5.73 Å². The number of rotatable bonds is 2. The fraction of sp³-hybridized carbons (Fsp3) is 1.00. The summed E-state index contributed by atoms with van der Waals surface area (Å²) in [5.74, 6) is 0.513. The lowest BCUT2D eigenvalue weighted by atomic mass is 9.93. The maximum Gasteiger partial charge on any atom is 0.152 e. The highest BCUT2D eigenvalue weighted by Gasteiger charge is 2.31. The third kappa shape index (κ3) is 3.16. The Hall–Kier alpha value is -0.130. The lowest BCUT2D eigenvalue weighted by Gasteiger charge is -2.28. The van der Waals surface area contributed by atoms with Gasteiger partial charge in [-0.1, -0.05) is 0 Å². The van der Waals surface area contributed by atoms with Crippen LogP contribution in [0.2, 0.25) is 0 Å². The Morgan fingerprint density at radius 1 is 1.00 bits per heavy atom. The molecule has 2 fully saturated rings. The predicted molar refractivity (Wildman–Crippen MR) is 58.4 cm³/mol. The van der Waals surface area contributed by atoms with E-state index in [-0.39, 0.29) is 18.0 Å². The minimum absolute atomic E-state index is 0.0608. The molecule has 2 aliphatic rings. The third-order valence-corrected chi connectivity index (χ3v) is 5.03. The number of nitrogens with two attached hydrogens (primary N) is 1. The topological polar surface area (TPSA) is 69.4 Å². The molecular weight excluding hydrogens is 214 g/mol. The number of hydrogen-bond acceptors (Lipinski definition) is 4. The predicted octanol–water partition coefficient (Wildman–Crippen LogP) is 0.460. The van der Waals surface area contributed by atoms with E-state index in [1.807, 2.05) is 0 Å². The van der Waals surface area contributed by atoms with Crippen molar-refractivity contribution < 1.29 is 13.2 Å². The molecule has 0 aromatic carbocycles. The molecule has 0 aromatic rings. The van der Waals surface area contributed by atoms with Crippen molar-refractivity contribution in [3.63, 3.8) is 0 Å². The molecule has 1 unspecified atom stereocenters.